The number of hydrogen-bond acceptors (Lipinski definition) is 10. The number of benzene rings is 1. The quantitative estimate of drug-likeness (QED) is 0.139. The van der Waals surface area contributed by atoms with Gasteiger partial charge in [-0.2, -0.15) is 9.89 Å². The molecule has 1 saturated heterocycles. The third-order valence-corrected chi connectivity index (χ3v) is 6.68. The number of piperidine rings is 1. The zero-order chi connectivity index (χ0) is 36.4. The lowest BCUT2D eigenvalue weighted by Crippen LogP contribution is -2.47. The van der Waals surface area contributed by atoms with Gasteiger partial charge in [-0.25, -0.2) is 19.2 Å². The van der Waals surface area contributed by atoms with Crippen LogP contribution in [-0.2, 0) is 28.5 Å². The molecule has 0 aliphatic carbocycles. The Morgan fingerprint density at radius 2 is 1.38 bits per heavy atom. The number of imide groups is 1. The Labute approximate surface area is 281 Å². The summed E-state index contributed by atoms with van der Waals surface area (Å²) in [7, 11) is 0. The highest BCUT2D eigenvalue weighted by molar-refractivity contribution is 6.18. The van der Waals surface area contributed by atoms with Gasteiger partial charge in [0.15, 0.2) is 11.6 Å². The van der Waals surface area contributed by atoms with Gasteiger partial charge in [0.25, 0.3) is 0 Å². The molecule has 1 unspecified atom stereocenters. The molecule has 266 valence electrons. The SMILES string of the molecule is CC(C)COC(=O)N=C(c1ccc(C(=O)CC(C)C(=O)N2CCC(OCC(=O)O)CC2)cc1)N(C(=O)OC(C)(C)C)C(=O)OC(C)(C)C. The van der Waals surface area contributed by atoms with E-state index in [-0.39, 0.29) is 47.9 Å². The van der Waals surface area contributed by atoms with E-state index >= 15 is 0 Å². The van der Waals surface area contributed by atoms with Gasteiger partial charge in [0.1, 0.15) is 17.8 Å². The second kappa shape index (κ2) is 17.2. The second-order valence-electron chi connectivity index (χ2n) is 14.0. The van der Waals surface area contributed by atoms with Gasteiger partial charge in [0.2, 0.25) is 5.91 Å². The van der Waals surface area contributed by atoms with E-state index in [1.165, 1.54) is 24.3 Å². The normalized spacial score (nSPS) is 15.0. The Morgan fingerprint density at radius 3 is 1.83 bits per heavy atom. The molecule has 48 heavy (non-hydrogen) atoms. The largest absolute Gasteiger partial charge is 0.480 e. The number of hydrogen-bond donors (Lipinski definition) is 1. The first-order valence-electron chi connectivity index (χ1n) is 15.9. The molecule has 1 atom stereocenters. The topological polar surface area (TPSA) is 178 Å². The van der Waals surface area contributed by atoms with Crippen LogP contribution in [0.1, 0.15) is 97.5 Å². The summed E-state index contributed by atoms with van der Waals surface area (Å²) in [5.74, 6) is -2.64. The van der Waals surface area contributed by atoms with E-state index in [1.807, 2.05) is 13.8 Å². The van der Waals surface area contributed by atoms with Crippen molar-refractivity contribution in [1.29, 1.82) is 0 Å². The number of amides is 4. The Morgan fingerprint density at radius 1 is 0.875 bits per heavy atom. The van der Waals surface area contributed by atoms with Crippen LogP contribution in [0.5, 0.6) is 0 Å². The van der Waals surface area contributed by atoms with Gasteiger partial charge in [-0.1, -0.05) is 45.0 Å². The summed E-state index contributed by atoms with van der Waals surface area (Å²) in [4.78, 5) is 82.6. The summed E-state index contributed by atoms with van der Waals surface area (Å²) < 4.78 is 21.4. The Hall–Kier alpha value is -4.33. The summed E-state index contributed by atoms with van der Waals surface area (Å²) in [6.45, 7) is 15.4. The van der Waals surface area contributed by atoms with Crippen LogP contribution in [0.2, 0.25) is 0 Å². The number of aliphatic carboxylic acids is 1. The Kier molecular flexibility index (Phi) is 14.3. The van der Waals surface area contributed by atoms with Crippen LogP contribution in [0.15, 0.2) is 29.3 Å². The lowest BCUT2D eigenvalue weighted by molar-refractivity contribution is -0.147. The number of ether oxygens (including phenoxy) is 4. The standard InChI is InChI=1S/C34H49N3O11/c1-21(2)19-46-30(42)35-28(37(31(43)47-33(4,5)6)32(44)48-34(7,8)9)24-12-10-23(11-13-24)26(38)18-22(3)29(41)36-16-14-25(15-17-36)45-20-27(39)40/h10-13,21-22,25H,14-20H2,1-9H3,(H,39,40). The second-order valence-corrected chi connectivity index (χ2v) is 14.0. The van der Waals surface area contributed by atoms with Crippen molar-refractivity contribution in [2.75, 3.05) is 26.3 Å². The van der Waals surface area contributed by atoms with Crippen molar-refractivity contribution in [3.05, 3.63) is 35.4 Å². The van der Waals surface area contributed by atoms with Crippen LogP contribution in [0.4, 0.5) is 14.4 Å². The molecule has 14 nitrogen and oxygen atoms in total. The smallest absolute Gasteiger partial charge is 0.435 e. The number of carbonyl (C=O) groups excluding carboxylic acids is 5. The molecule has 1 heterocycles. The van der Waals surface area contributed by atoms with E-state index < -0.39 is 53.8 Å². The fraction of sp³-hybridized carbons (Fsp3) is 0.618. The van der Waals surface area contributed by atoms with Crippen molar-refractivity contribution in [2.45, 2.75) is 98.9 Å². The minimum absolute atomic E-state index is 0.00959. The molecule has 1 fully saturated rings. The first-order valence-corrected chi connectivity index (χ1v) is 15.9. The van der Waals surface area contributed by atoms with Crippen molar-refractivity contribution >= 4 is 41.8 Å². The highest BCUT2D eigenvalue weighted by Gasteiger charge is 2.36. The lowest BCUT2D eigenvalue weighted by Gasteiger charge is -2.33. The number of carboxylic acids is 1. The lowest BCUT2D eigenvalue weighted by atomic mass is 9.96. The molecule has 1 aliphatic rings. The van der Waals surface area contributed by atoms with Crippen LogP contribution in [0.3, 0.4) is 0 Å². The predicted molar refractivity (Wildman–Crippen MR) is 175 cm³/mol. The van der Waals surface area contributed by atoms with Crippen molar-refractivity contribution in [1.82, 2.24) is 9.80 Å². The summed E-state index contributed by atoms with van der Waals surface area (Å²) >= 11 is 0. The fourth-order valence-electron chi connectivity index (χ4n) is 4.50. The Bertz CT molecular complexity index is 1320. The van der Waals surface area contributed by atoms with Gasteiger partial charge in [-0.05, 0) is 60.3 Å². The predicted octanol–water partition coefficient (Wildman–Crippen LogP) is 5.70. The average molecular weight is 676 g/mol. The molecule has 0 spiro atoms. The third-order valence-electron chi connectivity index (χ3n) is 6.68. The summed E-state index contributed by atoms with van der Waals surface area (Å²) in [5.41, 5.74) is -1.67. The molecule has 1 aromatic rings. The van der Waals surface area contributed by atoms with E-state index in [2.05, 4.69) is 4.99 Å². The molecule has 0 saturated carbocycles. The molecule has 0 aromatic heterocycles. The van der Waals surface area contributed by atoms with Gasteiger partial charge < -0.3 is 29.0 Å². The number of ketones is 1. The number of nitrogens with zero attached hydrogens (tertiary/aromatic N) is 3. The molecule has 1 N–H and O–H groups in total. The molecule has 1 aromatic carbocycles. The number of carbonyl (C=O) groups is 6. The molecule has 0 bridgehead atoms. The van der Waals surface area contributed by atoms with E-state index in [4.69, 9.17) is 24.1 Å². The average Bonchev–Trinajstić information content (AvgIpc) is 2.96. The van der Waals surface area contributed by atoms with Crippen LogP contribution in [0, 0.1) is 11.8 Å². The van der Waals surface area contributed by atoms with Gasteiger partial charge in [0, 0.05) is 36.6 Å². The minimum atomic E-state index is -1.14. The van der Waals surface area contributed by atoms with Crippen molar-refractivity contribution < 1.29 is 52.8 Å². The van der Waals surface area contributed by atoms with Crippen LogP contribution < -0.4 is 0 Å². The maximum Gasteiger partial charge on any atom is 0.435 e. The number of amidine groups is 1. The summed E-state index contributed by atoms with van der Waals surface area (Å²) in [5, 5.41) is 8.80. The van der Waals surface area contributed by atoms with Crippen LogP contribution in [-0.4, -0.2) is 100 Å². The van der Waals surface area contributed by atoms with E-state index in [1.54, 1.807) is 53.4 Å². The molecule has 0 radical (unpaired) electrons. The molecule has 2 rings (SSSR count). The first-order chi connectivity index (χ1) is 22.2. The molecule has 1 aliphatic heterocycles. The maximum atomic E-state index is 13.4. The molecule has 14 heteroatoms. The van der Waals surface area contributed by atoms with E-state index in [0.717, 1.165) is 0 Å². The third kappa shape index (κ3) is 13.4. The van der Waals surface area contributed by atoms with E-state index in [9.17, 15) is 28.8 Å². The van der Waals surface area contributed by atoms with Gasteiger partial charge in [-0.15, -0.1) is 0 Å². The van der Waals surface area contributed by atoms with Crippen molar-refractivity contribution in [2.24, 2.45) is 16.8 Å². The van der Waals surface area contributed by atoms with Gasteiger partial charge in [-0.3, -0.25) is 9.59 Å². The monoisotopic (exact) mass is 675 g/mol. The summed E-state index contributed by atoms with van der Waals surface area (Å²) in [6.07, 6.45) is -2.67. The number of carboxylic acid groups (broad SMARTS) is 1. The fourth-order valence-corrected chi connectivity index (χ4v) is 4.50. The maximum absolute atomic E-state index is 13.4. The van der Waals surface area contributed by atoms with Crippen LogP contribution in [0.25, 0.3) is 0 Å². The summed E-state index contributed by atoms with van der Waals surface area (Å²) in [6, 6.07) is 5.71. The zero-order valence-electron chi connectivity index (χ0n) is 29.4. The van der Waals surface area contributed by atoms with Crippen molar-refractivity contribution in [3.8, 4) is 0 Å². The van der Waals surface area contributed by atoms with Gasteiger partial charge in [0.05, 0.1) is 12.7 Å². The molecule has 4 amide bonds. The number of rotatable bonds is 10. The minimum Gasteiger partial charge on any atom is -0.480 e. The van der Waals surface area contributed by atoms with Crippen molar-refractivity contribution in [3.63, 3.8) is 0 Å². The van der Waals surface area contributed by atoms with Gasteiger partial charge >= 0.3 is 24.2 Å². The van der Waals surface area contributed by atoms with Crippen LogP contribution >= 0.6 is 0 Å². The number of Topliss-reactive ketones (excluding diaryl/α,β-unsaturated/α-hetero) is 1. The molecular formula is C34H49N3O11. The first kappa shape index (κ1) is 39.8. The highest BCUT2D eigenvalue weighted by atomic mass is 16.6. The Balaban J connectivity index is 2.32. The van der Waals surface area contributed by atoms with E-state index in [0.29, 0.717) is 30.8 Å². The zero-order valence-corrected chi connectivity index (χ0v) is 29.4. The number of aliphatic imine (C=N–C) groups is 1. The molecular weight excluding hydrogens is 626 g/mol. The number of likely N-dealkylation sites (tertiary alicyclic amines) is 1. The highest BCUT2D eigenvalue weighted by Crippen LogP contribution is 2.22.